The number of anilines is 6. The zero-order valence-corrected chi connectivity index (χ0v) is 71.2. The molecule has 0 unspecified atom stereocenters. The molecule has 2 aromatic heterocycles. The van der Waals surface area contributed by atoms with Crippen molar-refractivity contribution >= 4 is 101 Å². The van der Waals surface area contributed by atoms with Gasteiger partial charge in [-0.05, 0) is 244 Å². The summed E-state index contributed by atoms with van der Waals surface area (Å²) < 4.78 is 27.1. The molecule has 0 amide bonds. The lowest BCUT2D eigenvalue weighted by Gasteiger charge is -2.46. The fourth-order valence-corrected chi connectivity index (χ4v) is 18.4. The van der Waals surface area contributed by atoms with Crippen LogP contribution in [-0.2, 0) is 40.9 Å². The second-order valence-electron chi connectivity index (χ2n) is 40.5. The summed E-state index contributed by atoms with van der Waals surface area (Å²) >= 11 is 0. The van der Waals surface area contributed by atoms with E-state index in [0.29, 0.717) is 5.56 Å². The summed E-state index contributed by atoms with van der Waals surface area (Å²) in [6.07, 6.45) is -0.220. The Hall–Kier alpha value is -10.9. The third-order valence-electron chi connectivity index (χ3n) is 23.7. The minimum Gasteiger partial charge on any atom is -0.310 e. The number of rotatable bonds is 11. The van der Waals surface area contributed by atoms with Crippen LogP contribution in [0.4, 0.5) is 34.1 Å². The van der Waals surface area contributed by atoms with Crippen molar-refractivity contribution in [3.63, 3.8) is 0 Å². The molecule has 4 nitrogen and oxygen atoms in total. The van der Waals surface area contributed by atoms with E-state index in [4.69, 9.17) is 0 Å². The van der Waals surface area contributed by atoms with E-state index >= 15 is 0 Å². The molecule has 572 valence electrons. The zero-order valence-electron chi connectivity index (χ0n) is 73.2. The standard InChI is InChI=1S/C109H113BN4/c1-103(2,3)66-69-54-82(72-34-26-22-27-35-72)101(83(55-69)73-36-28-23-29-37-73)113-96-64-80(111-92-50-42-76(106(10,11)12)60-86(92)87-61-77(107(13,14)15)43-51-93(87)111)46-48-90(96)110-91-49-47-81(112-94-52-44-78(108(16,17)18)62-88(94)89-63-79(109(19,20)21)45-53-95(89)112)65-97(91)114(99-59-71(68-105(7,8)9)58-98(113)100(99)110)102-84(74-38-30-24-31-39-74)56-70(67-104(4,5)6)57-85(102)75-40-32-25-33-41-75/h22-65H,66-68H2,1-21H3/i68D2. The predicted octanol–water partition coefficient (Wildman–Crippen LogP) is 28.6. The maximum atomic E-state index is 11.0. The lowest BCUT2D eigenvalue weighted by Crippen LogP contribution is -2.61. The molecule has 0 bridgehead atoms. The first-order chi connectivity index (χ1) is 54.7. The molecule has 4 heterocycles. The summed E-state index contributed by atoms with van der Waals surface area (Å²) in [6, 6.07) is 102. The van der Waals surface area contributed by atoms with Gasteiger partial charge >= 0.3 is 0 Å². The van der Waals surface area contributed by atoms with Crippen LogP contribution < -0.4 is 26.2 Å². The van der Waals surface area contributed by atoms with Crippen LogP contribution in [0.2, 0.25) is 0 Å². The third kappa shape index (κ3) is 13.9. The van der Waals surface area contributed by atoms with E-state index in [1.165, 1.54) is 54.9 Å². The highest BCUT2D eigenvalue weighted by Gasteiger charge is 2.47. The average molecular weight is 1490 g/mol. The Kier molecular flexibility index (Phi) is 17.6. The summed E-state index contributed by atoms with van der Waals surface area (Å²) in [6.45, 7) is 47.8. The van der Waals surface area contributed by atoms with Crippen molar-refractivity contribution in [3.05, 3.63) is 306 Å². The van der Waals surface area contributed by atoms with Gasteiger partial charge in [-0.1, -0.05) is 303 Å². The lowest BCUT2D eigenvalue weighted by molar-refractivity contribution is 0.411. The highest BCUT2D eigenvalue weighted by molar-refractivity contribution is 7.00. The minimum atomic E-state index is -1.90. The van der Waals surface area contributed by atoms with Gasteiger partial charge in [-0.25, -0.2) is 0 Å². The van der Waals surface area contributed by atoms with Crippen LogP contribution in [0.1, 0.15) is 187 Å². The Labute approximate surface area is 682 Å². The quantitative estimate of drug-likeness (QED) is 0.120. The van der Waals surface area contributed by atoms with Gasteiger partial charge in [0.1, 0.15) is 0 Å². The van der Waals surface area contributed by atoms with Gasteiger partial charge < -0.3 is 18.9 Å². The number of hydrogen-bond acceptors (Lipinski definition) is 2. The normalized spacial score (nSPS) is 13.9. The van der Waals surface area contributed by atoms with Gasteiger partial charge in [0.25, 0.3) is 6.71 Å². The molecule has 114 heavy (non-hydrogen) atoms. The van der Waals surface area contributed by atoms with Gasteiger partial charge in [-0.3, -0.25) is 0 Å². The summed E-state index contributed by atoms with van der Waals surface area (Å²) in [7, 11) is 0. The predicted molar refractivity (Wildman–Crippen MR) is 495 cm³/mol. The fourth-order valence-electron chi connectivity index (χ4n) is 18.4. The maximum absolute atomic E-state index is 11.0. The molecular formula is C109H113BN4. The van der Waals surface area contributed by atoms with Gasteiger partial charge in [0, 0.05) is 80.7 Å². The number of hydrogen-bond donors (Lipinski definition) is 0. The van der Waals surface area contributed by atoms with Crippen LogP contribution in [0.3, 0.4) is 0 Å². The van der Waals surface area contributed by atoms with E-state index in [1.807, 2.05) is 0 Å². The van der Waals surface area contributed by atoms with Gasteiger partial charge in [-0.2, -0.15) is 0 Å². The molecule has 2 aliphatic heterocycles. The number of nitrogens with zero attached hydrogens (tertiary/aromatic N) is 4. The molecule has 0 fully saturated rings. The van der Waals surface area contributed by atoms with Crippen molar-refractivity contribution in [2.24, 2.45) is 16.2 Å². The largest absolute Gasteiger partial charge is 0.310 e. The Bertz CT molecular complexity index is 5750. The molecule has 0 atom stereocenters. The first-order valence-electron chi connectivity index (χ1n) is 42.5. The molecule has 0 spiro atoms. The van der Waals surface area contributed by atoms with E-state index in [-0.39, 0.29) is 39.2 Å². The number of aromatic nitrogens is 2. The Morgan fingerprint density at radius 1 is 0.272 bits per heavy atom. The van der Waals surface area contributed by atoms with Gasteiger partial charge in [0.2, 0.25) is 0 Å². The van der Waals surface area contributed by atoms with Crippen molar-refractivity contribution in [2.45, 2.75) is 186 Å². The van der Waals surface area contributed by atoms with Crippen molar-refractivity contribution in [1.82, 2.24) is 9.13 Å². The second-order valence-corrected chi connectivity index (χ2v) is 40.5. The summed E-state index contributed by atoms with van der Waals surface area (Å²) in [5.41, 5.74) is 31.7. The molecule has 0 N–H and O–H groups in total. The van der Waals surface area contributed by atoms with Crippen LogP contribution in [0.5, 0.6) is 0 Å². The Morgan fingerprint density at radius 3 is 0.807 bits per heavy atom. The first-order valence-corrected chi connectivity index (χ1v) is 41.5. The number of fused-ring (bicyclic) bond motifs is 10. The second kappa shape index (κ2) is 27.4. The zero-order chi connectivity index (χ0) is 82.0. The van der Waals surface area contributed by atoms with E-state index in [9.17, 15) is 2.74 Å². The first kappa shape index (κ1) is 73.3. The molecule has 5 heteroatoms. The highest BCUT2D eigenvalue weighted by Crippen LogP contribution is 2.56. The van der Waals surface area contributed by atoms with E-state index in [2.05, 4.69) is 431 Å². The minimum absolute atomic E-state index is 0.0508. The van der Waals surface area contributed by atoms with Crippen LogP contribution in [0.25, 0.3) is 99.5 Å². The van der Waals surface area contributed by atoms with Crippen molar-refractivity contribution in [3.8, 4) is 55.9 Å². The summed E-state index contributed by atoms with van der Waals surface area (Å²) in [4.78, 5) is 5.25. The Morgan fingerprint density at radius 2 is 0.553 bits per heavy atom. The van der Waals surface area contributed by atoms with Crippen LogP contribution in [0.15, 0.2) is 267 Å². The average Bonchev–Trinajstić information content (AvgIpc) is 0.802. The smallest absolute Gasteiger partial charge is 0.252 e. The SMILES string of the molecule is [2H]C([2H])(c1cc2c3c(c1)N(c1c(-c4ccccc4)cc(CC(C)(C)C)cc1-c1ccccc1)c1cc(-n4c5ccc(C(C)(C)C)cc5c5cc(C(C)(C)C)ccc54)ccc1B3c1ccc(-n3c4ccc(C(C)(C)C)cc4c4cc(C(C)(C)C)ccc43)cc1N2c1c(-c2ccccc2)cc(CC(C)(C)C)cc1-c1ccccc1)C(C)(C)C. The van der Waals surface area contributed by atoms with Crippen molar-refractivity contribution in [1.29, 1.82) is 0 Å². The fraction of sp³-hybridized carbons (Fsp3) is 0.284. The van der Waals surface area contributed by atoms with E-state index in [1.54, 1.807) is 0 Å². The van der Waals surface area contributed by atoms with Gasteiger partial charge in [0.05, 0.1) is 33.4 Å². The topological polar surface area (TPSA) is 16.3 Å². The maximum Gasteiger partial charge on any atom is 0.252 e. The van der Waals surface area contributed by atoms with Gasteiger partial charge in [-0.15, -0.1) is 0 Å². The van der Waals surface area contributed by atoms with Gasteiger partial charge in [0.15, 0.2) is 0 Å². The third-order valence-corrected chi connectivity index (χ3v) is 23.7. The molecular weight excluding hydrogens is 1380 g/mol. The molecule has 17 rings (SSSR count). The molecule has 13 aromatic carbocycles. The lowest BCUT2D eigenvalue weighted by atomic mass is 9.33. The van der Waals surface area contributed by atoms with Crippen LogP contribution >= 0.6 is 0 Å². The van der Waals surface area contributed by atoms with Crippen molar-refractivity contribution < 1.29 is 2.74 Å². The molecule has 0 aliphatic carbocycles. The molecule has 0 radical (unpaired) electrons. The van der Waals surface area contributed by atoms with E-state index < -0.39 is 11.8 Å². The van der Waals surface area contributed by atoms with E-state index in [0.717, 1.165) is 141 Å². The molecule has 15 aromatic rings. The van der Waals surface area contributed by atoms with Crippen LogP contribution in [-0.4, -0.2) is 15.8 Å². The van der Waals surface area contributed by atoms with Crippen LogP contribution in [0, 0.1) is 16.2 Å². The molecule has 2 aliphatic rings. The number of benzene rings is 13. The van der Waals surface area contributed by atoms with Crippen molar-refractivity contribution in [2.75, 3.05) is 9.80 Å². The highest BCUT2D eigenvalue weighted by atomic mass is 15.2. The summed E-state index contributed by atoms with van der Waals surface area (Å²) in [5, 5.41) is 4.91. The monoisotopic (exact) mass is 1490 g/mol. The Balaban J connectivity index is 1.08. The molecule has 0 saturated carbocycles. The molecule has 0 saturated heterocycles. The summed E-state index contributed by atoms with van der Waals surface area (Å²) in [5.74, 6) is 0.